The van der Waals surface area contributed by atoms with Crippen molar-refractivity contribution in [1.29, 1.82) is 0 Å². The zero-order valence-corrected chi connectivity index (χ0v) is 17.5. The molecule has 0 spiro atoms. The fourth-order valence-corrected chi connectivity index (χ4v) is 3.33. The van der Waals surface area contributed by atoms with Crippen molar-refractivity contribution < 1.29 is 9.59 Å². The molecule has 0 saturated heterocycles. The third-order valence-corrected chi connectivity index (χ3v) is 5.10. The molecule has 0 aliphatic rings. The summed E-state index contributed by atoms with van der Waals surface area (Å²) in [6, 6.07) is 12.3. The Morgan fingerprint density at radius 3 is 2.43 bits per heavy atom. The van der Waals surface area contributed by atoms with E-state index in [2.05, 4.69) is 10.3 Å². The van der Waals surface area contributed by atoms with E-state index < -0.39 is 0 Å². The number of carbonyl (C=O) groups is 2. The summed E-state index contributed by atoms with van der Waals surface area (Å²) >= 11 is 0. The van der Waals surface area contributed by atoms with E-state index in [0.29, 0.717) is 35.2 Å². The maximum Gasteiger partial charge on any atom is 0.261 e. The van der Waals surface area contributed by atoms with Crippen LogP contribution in [0, 0.1) is 6.92 Å². The molecule has 7 nitrogen and oxygen atoms in total. The van der Waals surface area contributed by atoms with E-state index in [9.17, 15) is 14.4 Å². The number of aromatic nitrogens is 2. The third-order valence-electron chi connectivity index (χ3n) is 5.10. The number of hydrogen-bond donors (Lipinski definition) is 1. The van der Waals surface area contributed by atoms with Crippen molar-refractivity contribution in [1.82, 2.24) is 14.5 Å². The molecule has 0 aliphatic carbocycles. The molecule has 2 aromatic carbocycles. The molecule has 3 aromatic rings. The lowest BCUT2D eigenvalue weighted by molar-refractivity contribution is -0.116. The number of nitrogens with one attached hydrogen (secondary N) is 1. The van der Waals surface area contributed by atoms with Crippen LogP contribution in [0.3, 0.4) is 0 Å². The van der Waals surface area contributed by atoms with Gasteiger partial charge in [0.25, 0.3) is 11.5 Å². The summed E-state index contributed by atoms with van der Waals surface area (Å²) in [5.41, 5.74) is 2.66. The standard InChI is InChI=1S/C23H26N4O3/c1-4-26(5-2)22(29)17-9-11-18(12-10-17)25-20(28)13-14-27-15-24-21-16(3)7-6-8-19(21)23(27)30/h6-12,15H,4-5,13-14H2,1-3H3,(H,25,28). The molecule has 30 heavy (non-hydrogen) atoms. The van der Waals surface area contributed by atoms with E-state index in [-0.39, 0.29) is 30.3 Å². The number of fused-ring (bicyclic) bond motifs is 1. The minimum Gasteiger partial charge on any atom is -0.339 e. The molecule has 0 aliphatic heterocycles. The van der Waals surface area contributed by atoms with E-state index >= 15 is 0 Å². The smallest absolute Gasteiger partial charge is 0.261 e. The maximum atomic E-state index is 12.6. The van der Waals surface area contributed by atoms with E-state index in [0.717, 1.165) is 5.56 Å². The van der Waals surface area contributed by atoms with Crippen molar-refractivity contribution in [2.45, 2.75) is 33.7 Å². The average Bonchev–Trinajstić information content (AvgIpc) is 2.75. The van der Waals surface area contributed by atoms with Crippen LogP contribution < -0.4 is 10.9 Å². The summed E-state index contributed by atoms with van der Waals surface area (Å²) < 4.78 is 1.45. The van der Waals surface area contributed by atoms with Crippen LogP contribution in [0.4, 0.5) is 5.69 Å². The van der Waals surface area contributed by atoms with Gasteiger partial charge in [0.05, 0.1) is 17.2 Å². The highest BCUT2D eigenvalue weighted by Gasteiger charge is 2.13. The summed E-state index contributed by atoms with van der Waals surface area (Å²) in [4.78, 5) is 43.4. The summed E-state index contributed by atoms with van der Waals surface area (Å²) in [7, 11) is 0. The maximum absolute atomic E-state index is 12.6. The Kier molecular flexibility index (Phi) is 6.61. The zero-order chi connectivity index (χ0) is 21.7. The minimum absolute atomic E-state index is 0.0312. The lowest BCUT2D eigenvalue weighted by atomic mass is 10.1. The number of nitrogens with zero attached hydrogens (tertiary/aromatic N) is 3. The number of aryl methyl sites for hydroxylation is 2. The van der Waals surface area contributed by atoms with Crippen LogP contribution in [0.5, 0.6) is 0 Å². The van der Waals surface area contributed by atoms with E-state index in [1.54, 1.807) is 35.2 Å². The highest BCUT2D eigenvalue weighted by molar-refractivity contribution is 5.95. The summed E-state index contributed by atoms with van der Waals surface area (Å²) in [5.74, 6) is -0.245. The largest absolute Gasteiger partial charge is 0.339 e. The first kappa shape index (κ1) is 21.2. The van der Waals surface area contributed by atoms with Gasteiger partial charge in [-0.25, -0.2) is 4.98 Å². The molecule has 1 heterocycles. The van der Waals surface area contributed by atoms with Crippen molar-refractivity contribution in [3.63, 3.8) is 0 Å². The van der Waals surface area contributed by atoms with E-state index in [1.807, 2.05) is 32.9 Å². The van der Waals surface area contributed by atoms with Gasteiger partial charge < -0.3 is 10.2 Å². The molecule has 1 N–H and O–H groups in total. The first-order valence-corrected chi connectivity index (χ1v) is 10.1. The fourth-order valence-electron chi connectivity index (χ4n) is 3.33. The highest BCUT2D eigenvalue weighted by Crippen LogP contribution is 2.13. The Balaban J connectivity index is 1.63. The summed E-state index contributed by atoms with van der Waals surface area (Å²) in [6.07, 6.45) is 1.62. The van der Waals surface area contributed by atoms with Gasteiger partial charge in [0, 0.05) is 37.3 Å². The number of hydrogen-bond acceptors (Lipinski definition) is 4. The molecule has 0 unspecified atom stereocenters. The van der Waals surface area contributed by atoms with Gasteiger partial charge in [0.1, 0.15) is 0 Å². The lowest BCUT2D eigenvalue weighted by Crippen LogP contribution is -2.30. The Morgan fingerprint density at radius 1 is 1.07 bits per heavy atom. The average molecular weight is 406 g/mol. The molecule has 0 saturated carbocycles. The van der Waals surface area contributed by atoms with E-state index in [4.69, 9.17) is 0 Å². The van der Waals surface area contributed by atoms with Gasteiger partial charge in [-0.3, -0.25) is 19.0 Å². The van der Waals surface area contributed by atoms with Crippen molar-refractivity contribution in [3.05, 3.63) is 70.3 Å². The van der Waals surface area contributed by atoms with Crippen LogP contribution in [0.2, 0.25) is 0 Å². The van der Waals surface area contributed by atoms with Crippen LogP contribution in [-0.4, -0.2) is 39.4 Å². The predicted molar refractivity (Wildman–Crippen MR) is 118 cm³/mol. The fraction of sp³-hybridized carbons (Fsp3) is 0.304. The third kappa shape index (κ3) is 4.56. The normalized spacial score (nSPS) is 10.8. The van der Waals surface area contributed by atoms with Crippen molar-refractivity contribution in [2.24, 2.45) is 0 Å². The molecule has 0 radical (unpaired) electrons. The first-order valence-electron chi connectivity index (χ1n) is 10.1. The minimum atomic E-state index is -0.214. The van der Waals surface area contributed by atoms with Crippen LogP contribution >= 0.6 is 0 Å². The highest BCUT2D eigenvalue weighted by atomic mass is 16.2. The number of anilines is 1. The second-order valence-corrected chi connectivity index (χ2v) is 7.07. The number of para-hydroxylation sites is 1. The summed E-state index contributed by atoms with van der Waals surface area (Å²) in [6.45, 7) is 7.32. The molecule has 0 atom stereocenters. The SMILES string of the molecule is CCN(CC)C(=O)c1ccc(NC(=O)CCn2cnc3c(C)cccc3c2=O)cc1. The zero-order valence-electron chi connectivity index (χ0n) is 17.5. The number of benzene rings is 2. The number of carbonyl (C=O) groups excluding carboxylic acids is 2. The summed E-state index contributed by atoms with van der Waals surface area (Å²) in [5, 5.41) is 3.35. The van der Waals surface area contributed by atoms with Gasteiger partial charge in [0.2, 0.25) is 5.91 Å². The van der Waals surface area contributed by atoms with Gasteiger partial charge in [-0.15, -0.1) is 0 Å². The van der Waals surface area contributed by atoms with Crippen LogP contribution in [0.15, 0.2) is 53.6 Å². The van der Waals surface area contributed by atoms with E-state index in [1.165, 1.54) is 10.9 Å². The van der Waals surface area contributed by atoms with Crippen LogP contribution in [0.25, 0.3) is 10.9 Å². The molecular formula is C23H26N4O3. The first-order chi connectivity index (χ1) is 14.4. The Bertz CT molecular complexity index is 1120. The van der Waals surface area contributed by atoms with Crippen LogP contribution in [-0.2, 0) is 11.3 Å². The predicted octanol–water partition coefficient (Wildman–Crippen LogP) is 3.22. The van der Waals surface area contributed by atoms with Crippen molar-refractivity contribution >= 4 is 28.4 Å². The number of rotatable bonds is 7. The van der Waals surface area contributed by atoms with Gasteiger partial charge in [0.15, 0.2) is 0 Å². The Labute approximate surface area is 175 Å². The molecule has 1 aromatic heterocycles. The molecule has 2 amide bonds. The van der Waals surface area contributed by atoms with Gasteiger partial charge >= 0.3 is 0 Å². The topological polar surface area (TPSA) is 84.3 Å². The molecule has 0 bridgehead atoms. The Morgan fingerprint density at radius 2 is 1.77 bits per heavy atom. The molecule has 7 heteroatoms. The molecule has 156 valence electrons. The molecule has 3 rings (SSSR count). The van der Waals surface area contributed by atoms with Crippen molar-refractivity contribution in [2.75, 3.05) is 18.4 Å². The van der Waals surface area contributed by atoms with Crippen molar-refractivity contribution in [3.8, 4) is 0 Å². The lowest BCUT2D eigenvalue weighted by Gasteiger charge is -2.18. The van der Waals surface area contributed by atoms with Crippen LogP contribution in [0.1, 0.15) is 36.2 Å². The van der Waals surface area contributed by atoms with Gasteiger partial charge in [-0.1, -0.05) is 12.1 Å². The second-order valence-electron chi connectivity index (χ2n) is 7.07. The van der Waals surface area contributed by atoms with Gasteiger partial charge in [-0.2, -0.15) is 0 Å². The Hall–Kier alpha value is -3.48. The molecule has 0 fully saturated rings. The van der Waals surface area contributed by atoms with Gasteiger partial charge in [-0.05, 0) is 56.7 Å². The number of amides is 2. The monoisotopic (exact) mass is 406 g/mol. The second kappa shape index (κ2) is 9.35. The quantitative estimate of drug-likeness (QED) is 0.653. The molecular weight excluding hydrogens is 380 g/mol.